The molecule has 1 aromatic rings. The molecule has 0 saturated heterocycles. The number of amides is 1. The second kappa shape index (κ2) is 6.46. The zero-order valence-electron chi connectivity index (χ0n) is 11.8. The van der Waals surface area contributed by atoms with E-state index in [1.165, 1.54) is 12.8 Å². The molecule has 1 saturated carbocycles. The lowest BCUT2D eigenvalue weighted by Crippen LogP contribution is -2.40. The summed E-state index contributed by atoms with van der Waals surface area (Å²) in [5, 5.41) is 0.575. The minimum Gasteiger partial charge on any atom is -0.367 e. The number of hydrogen-bond donors (Lipinski definition) is 2. The van der Waals surface area contributed by atoms with Crippen molar-refractivity contribution >= 4 is 23.2 Å². The Kier molecular flexibility index (Phi) is 4.89. The highest BCUT2D eigenvalue weighted by Gasteiger charge is 2.31. The van der Waals surface area contributed by atoms with Crippen LogP contribution in [0.1, 0.15) is 36.5 Å². The quantitative estimate of drug-likeness (QED) is 0.876. The number of primary amides is 1. The lowest BCUT2D eigenvalue weighted by atomic mass is 10.0. The average molecular weight is 296 g/mol. The summed E-state index contributed by atoms with van der Waals surface area (Å²) in [5.41, 5.74) is 12.6. The molecule has 0 aromatic heterocycles. The Bertz CT molecular complexity index is 492. The number of carbonyl (C=O) groups excluding carboxylic acids is 1. The second-order valence-electron chi connectivity index (χ2n) is 5.31. The Morgan fingerprint density at radius 2 is 2.20 bits per heavy atom. The fourth-order valence-electron chi connectivity index (χ4n) is 3.18. The molecule has 4 nitrogen and oxygen atoms in total. The summed E-state index contributed by atoms with van der Waals surface area (Å²) in [6.07, 6.45) is 3.53. The predicted octanol–water partition coefficient (Wildman–Crippen LogP) is 2.39. The molecular weight excluding hydrogens is 274 g/mol. The third kappa shape index (κ3) is 2.91. The molecule has 1 amide bonds. The topological polar surface area (TPSA) is 72.3 Å². The van der Waals surface area contributed by atoms with Crippen molar-refractivity contribution in [1.29, 1.82) is 0 Å². The lowest BCUT2D eigenvalue weighted by Gasteiger charge is -2.34. The van der Waals surface area contributed by atoms with Crippen molar-refractivity contribution in [3.05, 3.63) is 28.8 Å². The number of nitrogens with zero attached hydrogens (tertiary/aromatic N) is 1. The Hall–Kier alpha value is -1.26. The molecule has 0 heterocycles. The Morgan fingerprint density at radius 3 is 2.75 bits per heavy atom. The van der Waals surface area contributed by atoms with E-state index in [9.17, 15) is 4.79 Å². The van der Waals surface area contributed by atoms with Crippen LogP contribution >= 0.6 is 11.6 Å². The third-order valence-corrected chi connectivity index (χ3v) is 4.51. The van der Waals surface area contributed by atoms with Gasteiger partial charge < -0.3 is 16.4 Å². The van der Waals surface area contributed by atoms with Gasteiger partial charge in [0.1, 0.15) is 0 Å². The normalized spacial score (nSPS) is 21.9. The first-order chi connectivity index (χ1) is 9.58. The largest absolute Gasteiger partial charge is 0.367 e. The van der Waals surface area contributed by atoms with Gasteiger partial charge in [0.15, 0.2) is 0 Å². The molecule has 0 spiro atoms. The Balaban J connectivity index is 2.30. The van der Waals surface area contributed by atoms with Crippen LogP contribution in [0.2, 0.25) is 5.02 Å². The summed E-state index contributed by atoms with van der Waals surface area (Å²) in [6.45, 7) is 3.69. The molecular formula is C15H22ClN3O. The summed E-state index contributed by atoms with van der Waals surface area (Å²) in [5.74, 6) is 0.0593. The molecule has 2 unspecified atom stereocenters. The highest BCUT2D eigenvalue weighted by Crippen LogP contribution is 2.35. The first kappa shape index (κ1) is 15.1. The van der Waals surface area contributed by atoms with E-state index < -0.39 is 5.91 Å². The maximum Gasteiger partial charge on any atom is 0.248 e. The molecule has 1 aliphatic carbocycles. The van der Waals surface area contributed by atoms with E-state index in [1.54, 1.807) is 12.1 Å². The molecule has 1 aromatic carbocycles. The molecule has 4 N–H and O–H groups in total. The maximum absolute atomic E-state index is 11.2. The van der Waals surface area contributed by atoms with E-state index in [4.69, 9.17) is 23.1 Å². The standard InChI is InChI=1S/C15H22ClN3O/c1-2-19(13-5-3-4-11(13)9-17)14-7-6-10(15(18)20)8-12(14)16/h6-8,11,13H,2-5,9,17H2,1H3,(H2,18,20). The van der Waals surface area contributed by atoms with Crippen LogP contribution in [0.4, 0.5) is 5.69 Å². The zero-order valence-corrected chi connectivity index (χ0v) is 12.6. The summed E-state index contributed by atoms with van der Waals surface area (Å²) in [6, 6.07) is 5.70. The van der Waals surface area contributed by atoms with Crippen molar-refractivity contribution in [2.45, 2.75) is 32.2 Å². The molecule has 2 rings (SSSR count). The SMILES string of the molecule is CCN(c1ccc(C(N)=O)cc1Cl)C1CCCC1CN. The molecule has 110 valence electrons. The first-order valence-corrected chi connectivity index (χ1v) is 7.52. The highest BCUT2D eigenvalue weighted by atomic mass is 35.5. The molecule has 5 heteroatoms. The van der Waals surface area contributed by atoms with E-state index >= 15 is 0 Å². The summed E-state index contributed by atoms with van der Waals surface area (Å²) in [4.78, 5) is 13.5. The van der Waals surface area contributed by atoms with Crippen LogP contribution < -0.4 is 16.4 Å². The van der Waals surface area contributed by atoms with Gasteiger partial charge in [-0.25, -0.2) is 0 Å². The van der Waals surface area contributed by atoms with Gasteiger partial charge in [0.25, 0.3) is 0 Å². The molecule has 2 atom stereocenters. The van der Waals surface area contributed by atoms with Crippen LogP contribution in [0, 0.1) is 5.92 Å². The fraction of sp³-hybridized carbons (Fsp3) is 0.533. The number of anilines is 1. The van der Waals surface area contributed by atoms with E-state index in [2.05, 4.69) is 11.8 Å². The Labute approximate surface area is 125 Å². The zero-order chi connectivity index (χ0) is 14.7. The van der Waals surface area contributed by atoms with Gasteiger partial charge in [0, 0.05) is 18.2 Å². The van der Waals surface area contributed by atoms with Crippen LogP contribution in [0.15, 0.2) is 18.2 Å². The molecule has 0 bridgehead atoms. The van der Waals surface area contributed by atoms with E-state index in [-0.39, 0.29) is 0 Å². The van der Waals surface area contributed by atoms with Gasteiger partial charge >= 0.3 is 0 Å². The van der Waals surface area contributed by atoms with E-state index in [1.807, 2.05) is 6.07 Å². The monoisotopic (exact) mass is 295 g/mol. The number of benzene rings is 1. The number of rotatable bonds is 5. The van der Waals surface area contributed by atoms with Gasteiger partial charge in [-0.3, -0.25) is 4.79 Å². The van der Waals surface area contributed by atoms with E-state index in [0.717, 1.165) is 18.7 Å². The van der Waals surface area contributed by atoms with Crippen LogP contribution in [0.5, 0.6) is 0 Å². The smallest absolute Gasteiger partial charge is 0.248 e. The number of carbonyl (C=O) groups is 1. The van der Waals surface area contributed by atoms with Gasteiger partial charge in [-0.05, 0) is 50.4 Å². The summed E-state index contributed by atoms with van der Waals surface area (Å²) in [7, 11) is 0. The lowest BCUT2D eigenvalue weighted by molar-refractivity contribution is 0.100. The van der Waals surface area contributed by atoms with Crippen molar-refractivity contribution in [3.63, 3.8) is 0 Å². The van der Waals surface area contributed by atoms with Crippen molar-refractivity contribution in [2.75, 3.05) is 18.0 Å². The minimum absolute atomic E-state index is 0.432. The second-order valence-corrected chi connectivity index (χ2v) is 5.72. The van der Waals surface area contributed by atoms with Crippen molar-refractivity contribution < 1.29 is 4.79 Å². The number of hydrogen-bond acceptors (Lipinski definition) is 3. The third-order valence-electron chi connectivity index (χ3n) is 4.20. The van der Waals surface area contributed by atoms with Crippen LogP contribution in [-0.4, -0.2) is 25.0 Å². The molecule has 1 aliphatic rings. The van der Waals surface area contributed by atoms with E-state index in [0.29, 0.717) is 29.1 Å². The highest BCUT2D eigenvalue weighted by molar-refractivity contribution is 6.33. The van der Waals surface area contributed by atoms with Crippen molar-refractivity contribution in [2.24, 2.45) is 17.4 Å². The van der Waals surface area contributed by atoms with Crippen molar-refractivity contribution in [3.8, 4) is 0 Å². The minimum atomic E-state index is -0.456. The Morgan fingerprint density at radius 1 is 1.45 bits per heavy atom. The van der Waals surface area contributed by atoms with Crippen LogP contribution in [0.25, 0.3) is 0 Å². The predicted molar refractivity (Wildman–Crippen MR) is 83.2 cm³/mol. The van der Waals surface area contributed by atoms with Gasteiger partial charge in [0.2, 0.25) is 5.91 Å². The average Bonchev–Trinajstić information content (AvgIpc) is 2.89. The van der Waals surface area contributed by atoms with Gasteiger partial charge in [0.05, 0.1) is 10.7 Å². The number of nitrogens with two attached hydrogens (primary N) is 2. The molecule has 20 heavy (non-hydrogen) atoms. The van der Waals surface area contributed by atoms with Gasteiger partial charge in [-0.2, -0.15) is 0 Å². The van der Waals surface area contributed by atoms with Crippen molar-refractivity contribution in [1.82, 2.24) is 0 Å². The maximum atomic E-state index is 11.2. The fourth-order valence-corrected chi connectivity index (χ4v) is 3.47. The first-order valence-electron chi connectivity index (χ1n) is 7.14. The summed E-state index contributed by atoms with van der Waals surface area (Å²) >= 11 is 6.34. The molecule has 0 aliphatic heterocycles. The van der Waals surface area contributed by atoms with Gasteiger partial charge in [-0.1, -0.05) is 18.0 Å². The number of halogens is 1. The van der Waals surface area contributed by atoms with Crippen LogP contribution in [0.3, 0.4) is 0 Å². The molecule has 0 radical (unpaired) electrons. The molecule has 1 fully saturated rings. The van der Waals surface area contributed by atoms with Crippen LogP contribution in [-0.2, 0) is 0 Å². The van der Waals surface area contributed by atoms with Gasteiger partial charge in [-0.15, -0.1) is 0 Å². The summed E-state index contributed by atoms with van der Waals surface area (Å²) < 4.78 is 0.